The second-order valence-corrected chi connectivity index (χ2v) is 4.62. The molecule has 0 aromatic heterocycles. The van der Waals surface area contributed by atoms with Crippen molar-refractivity contribution in [1.82, 2.24) is 4.90 Å². The molecule has 1 heterocycles. The Balaban J connectivity index is 1.89. The van der Waals surface area contributed by atoms with E-state index in [9.17, 15) is 4.79 Å². The molecule has 2 N–H and O–H groups in total. The zero-order valence-corrected chi connectivity index (χ0v) is 11.5. The molecule has 1 aromatic rings. The number of oxime groups is 1. The molecule has 0 spiro atoms. The van der Waals surface area contributed by atoms with Gasteiger partial charge in [0.1, 0.15) is 13.7 Å². The van der Waals surface area contributed by atoms with E-state index >= 15 is 0 Å². The highest BCUT2D eigenvalue weighted by atomic mass is 16.6. The number of likely N-dealkylation sites (tertiary alicyclic amines) is 1. The summed E-state index contributed by atoms with van der Waals surface area (Å²) >= 11 is 0. The van der Waals surface area contributed by atoms with Crippen molar-refractivity contribution in [2.24, 2.45) is 16.8 Å². The second-order valence-electron chi connectivity index (χ2n) is 4.62. The first-order chi connectivity index (χ1) is 9.74. The molecule has 0 aliphatic carbocycles. The molecule has 1 aliphatic heterocycles. The normalized spacial score (nSPS) is 20.2. The van der Waals surface area contributed by atoms with Crippen molar-refractivity contribution >= 4 is 11.8 Å². The highest BCUT2D eigenvalue weighted by Crippen LogP contribution is 2.15. The predicted molar refractivity (Wildman–Crippen MR) is 75.2 cm³/mol. The SMILES string of the molecule is CON=C1CN(C(=O)OCc2ccccc2)CC1CN. The summed E-state index contributed by atoms with van der Waals surface area (Å²) < 4.78 is 5.28. The first-order valence-corrected chi connectivity index (χ1v) is 6.50. The molecule has 1 aliphatic rings. The van der Waals surface area contributed by atoms with Gasteiger partial charge in [0.05, 0.1) is 12.3 Å². The Morgan fingerprint density at radius 1 is 1.45 bits per heavy atom. The van der Waals surface area contributed by atoms with E-state index in [1.165, 1.54) is 7.11 Å². The number of hydrogen-bond acceptors (Lipinski definition) is 5. The molecular weight excluding hydrogens is 258 g/mol. The van der Waals surface area contributed by atoms with Gasteiger partial charge in [-0.2, -0.15) is 0 Å². The van der Waals surface area contributed by atoms with Crippen LogP contribution in [0.25, 0.3) is 0 Å². The van der Waals surface area contributed by atoms with E-state index in [0.29, 0.717) is 19.6 Å². The molecule has 20 heavy (non-hydrogen) atoms. The van der Waals surface area contributed by atoms with E-state index in [-0.39, 0.29) is 18.6 Å². The Labute approximate surface area is 118 Å². The maximum Gasteiger partial charge on any atom is 0.410 e. The molecule has 6 heteroatoms. The minimum absolute atomic E-state index is 0.0409. The number of carbonyl (C=O) groups excluding carboxylic acids is 1. The molecule has 2 rings (SSSR count). The summed E-state index contributed by atoms with van der Waals surface area (Å²) in [4.78, 5) is 18.4. The van der Waals surface area contributed by atoms with Crippen LogP contribution in [-0.2, 0) is 16.2 Å². The molecule has 6 nitrogen and oxygen atoms in total. The largest absolute Gasteiger partial charge is 0.445 e. The van der Waals surface area contributed by atoms with Crippen LogP contribution >= 0.6 is 0 Å². The Bertz CT molecular complexity index is 476. The monoisotopic (exact) mass is 277 g/mol. The molecule has 1 amide bonds. The van der Waals surface area contributed by atoms with Gasteiger partial charge in [0.25, 0.3) is 0 Å². The molecule has 0 saturated carbocycles. The van der Waals surface area contributed by atoms with E-state index < -0.39 is 0 Å². The van der Waals surface area contributed by atoms with Gasteiger partial charge in [-0.3, -0.25) is 0 Å². The summed E-state index contributed by atoms with van der Waals surface area (Å²) in [5.74, 6) is 0.0409. The Morgan fingerprint density at radius 2 is 2.20 bits per heavy atom. The van der Waals surface area contributed by atoms with Gasteiger partial charge in [0.2, 0.25) is 0 Å². The van der Waals surface area contributed by atoms with Crippen molar-refractivity contribution < 1.29 is 14.4 Å². The topological polar surface area (TPSA) is 77.1 Å². The van der Waals surface area contributed by atoms with Crippen LogP contribution in [0.5, 0.6) is 0 Å². The Hall–Kier alpha value is -2.08. The summed E-state index contributed by atoms with van der Waals surface area (Å²) in [6, 6.07) is 9.57. The van der Waals surface area contributed by atoms with Crippen molar-refractivity contribution in [1.29, 1.82) is 0 Å². The zero-order chi connectivity index (χ0) is 14.4. The zero-order valence-electron chi connectivity index (χ0n) is 11.5. The van der Waals surface area contributed by atoms with Gasteiger partial charge < -0.3 is 20.2 Å². The van der Waals surface area contributed by atoms with Gasteiger partial charge in [-0.1, -0.05) is 35.5 Å². The number of nitrogens with two attached hydrogens (primary N) is 1. The maximum atomic E-state index is 12.0. The van der Waals surface area contributed by atoms with Crippen LogP contribution in [0.3, 0.4) is 0 Å². The van der Waals surface area contributed by atoms with Gasteiger partial charge in [-0.25, -0.2) is 4.79 Å². The van der Waals surface area contributed by atoms with Crippen LogP contribution < -0.4 is 5.73 Å². The molecule has 108 valence electrons. The number of carbonyl (C=O) groups is 1. The molecule has 1 atom stereocenters. The Morgan fingerprint density at radius 3 is 2.85 bits per heavy atom. The molecular formula is C14H19N3O3. The molecule has 1 aromatic carbocycles. The average Bonchev–Trinajstić information content (AvgIpc) is 2.89. The molecule has 1 saturated heterocycles. The summed E-state index contributed by atoms with van der Waals surface area (Å²) in [6.45, 7) is 1.63. The highest BCUT2D eigenvalue weighted by Gasteiger charge is 2.32. The Kier molecular flexibility index (Phi) is 4.95. The quantitative estimate of drug-likeness (QED) is 0.839. The van der Waals surface area contributed by atoms with Crippen molar-refractivity contribution in [3.63, 3.8) is 0 Å². The smallest absolute Gasteiger partial charge is 0.410 e. The molecule has 0 bridgehead atoms. The summed E-state index contributed by atoms with van der Waals surface area (Å²) in [5.41, 5.74) is 7.41. The third-order valence-corrected chi connectivity index (χ3v) is 3.22. The van der Waals surface area contributed by atoms with E-state index in [0.717, 1.165) is 11.3 Å². The number of ether oxygens (including phenoxy) is 1. The van der Waals surface area contributed by atoms with Crippen LogP contribution in [0.15, 0.2) is 35.5 Å². The molecule has 1 unspecified atom stereocenters. The third-order valence-electron chi connectivity index (χ3n) is 3.22. The maximum absolute atomic E-state index is 12.0. The van der Waals surface area contributed by atoms with Crippen LogP contribution in [0, 0.1) is 5.92 Å². The fraction of sp³-hybridized carbons (Fsp3) is 0.429. The van der Waals surface area contributed by atoms with Gasteiger partial charge in [-0.15, -0.1) is 0 Å². The first kappa shape index (κ1) is 14.3. The van der Waals surface area contributed by atoms with E-state index in [1.807, 2.05) is 30.3 Å². The van der Waals surface area contributed by atoms with Crippen molar-refractivity contribution in [3.05, 3.63) is 35.9 Å². The fourth-order valence-electron chi connectivity index (χ4n) is 2.14. The van der Waals surface area contributed by atoms with Crippen molar-refractivity contribution in [2.75, 3.05) is 26.7 Å². The number of hydrogen-bond donors (Lipinski definition) is 1. The van der Waals surface area contributed by atoms with Crippen LogP contribution in [0.4, 0.5) is 4.79 Å². The minimum Gasteiger partial charge on any atom is -0.445 e. The highest BCUT2D eigenvalue weighted by molar-refractivity contribution is 5.93. The van der Waals surface area contributed by atoms with Gasteiger partial charge >= 0.3 is 6.09 Å². The van der Waals surface area contributed by atoms with Crippen LogP contribution in [0.1, 0.15) is 5.56 Å². The number of nitrogens with zero attached hydrogens (tertiary/aromatic N) is 2. The third kappa shape index (κ3) is 3.48. The lowest BCUT2D eigenvalue weighted by Crippen LogP contribution is -2.30. The average molecular weight is 277 g/mol. The van der Waals surface area contributed by atoms with Crippen molar-refractivity contribution in [3.8, 4) is 0 Å². The number of benzene rings is 1. The van der Waals surface area contributed by atoms with E-state index in [2.05, 4.69) is 5.16 Å². The number of rotatable bonds is 4. The van der Waals surface area contributed by atoms with Gasteiger partial charge in [-0.05, 0) is 5.56 Å². The van der Waals surface area contributed by atoms with Crippen molar-refractivity contribution in [2.45, 2.75) is 6.61 Å². The first-order valence-electron chi connectivity index (χ1n) is 6.50. The molecule has 1 fully saturated rings. The summed E-state index contributed by atoms with van der Waals surface area (Å²) in [7, 11) is 1.48. The summed E-state index contributed by atoms with van der Waals surface area (Å²) in [6.07, 6.45) is -0.353. The van der Waals surface area contributed by atoms with Gasteiger partial charge in [0, 0.05) is 19.0 Å². The minimum atomic E-state index is -0.353. The standard InChI is InChI=1S/C14H19N3O3/c1-19-16-13-9-17(8-12(13)7-15)14(18)20-10-11-5-3-2-4-6-11/h2-6,12H,7-10,15H2,1H3. The van der Waals surface area contributed by atoms with Gasteiger partial charge in [0.15, 0.2) is 0 Å². The van der Waals surface area contributed by atoms with Crippen LogP contribution in [-0.4, -0.2) is 43.4 Å². The van der Waals surface area contributed by atoms with E-state index in [1.54, 1.807) is 4.90 Å². The number of amides is 1. The second kappa shape index (κ2) is 6.91. The summed E-state index contributed by atoms with van der Waals surface area (Å²) in [5, 5.41) is 3.91. The fourth-order valence-corrected chi connectivity index (χ4v) is 2.14. The lowest BCUT2D eigenvalue weighted by Gasteiger charge is -2.15. The lowest BCUT2D eigenvalue weighted by molar-refractivity contribution is 0.104. The predicted octanol–water partition coefficient (Wildman–Crippen LogP) is 1.22. The van der Waals surface area contributed by atoms with E-state index in [4.69, 9.17) is 15.3 Å². The molecule has 0 radical (unpaired) electrons. The lowest BCUT2D eigenvalue weighted by atomic mass is 10.1. The van der Waals surface area contributed by atoms with Crippen LogP contribution in [0.2, 0.25) is 0 Å².